The van der Waals surface area contributed by atoms with Crippen LogP contribution in [0.4, 0.5) is 0 Å². The lowest BCUT2D eigenvalue weighted by Crippen LogP contribution is -2.41. The van der Waals surface area contributed by atoms with E-state index in [1.165, 1.54) is 12.4 Å². The van der Waals surface area contributed by atoms with Crippen LogP contribution < -0.4 is 5.32 Å². The van der Waals surface area contributed by atoms with Crippen molar-refractivity contribution in [2.45, 2.75) is 18.8 Å². The molecule has 3 rings (SSSR count). The van der Waals surface area contributed by atoms with Gasteiger partial charge in [-0.2, -0.15) is 10.1 Å². The summed E-state index contributed by atoms with van der Waals surface area (Å²) in [5, 5.41) is 9.81. The first-order valence-corrected chi connectivity index (χ1v) is 7.68. The molecule has 3 heterocycles. The van der Waals surface area contributed by atoms with E-state index in [0.717, 1.165) is 12.8 Å². The van der Waals surface area contributed by atoms with E-state index in [2.05, 4.69) is 20.6 Å². The molecule has 0 saturated carbocycles. The monoisotopic (exact) mass is 330 g/mol. The van der Waals surface area contributed by atoms with Gasteiger partial charge in [-0.1, -0.05) is 5.16 Å². The first kappa shape index (κ1) is 15.9. The number of carbonyl (C=O) groups is 1. The molecule has 1 saturated heterocycles. The van der Waals surface area contributed by atoms with Gasteiger partial charge in [0.2, 0.25) is 17.6 Å². The van der Waals surface area contributed by atoms with Gasteiger partial charge >= 0.3 is 0 Å². The zero-order valence-corrected chi connectivity index (χ0v) is 13.0. The number of amides is 1. The zero-order valence-electron chi connectivity index (χ0n) is 13.0. The van der Waals surface area contributed by atoms with Crippen LogP contribution in [0, 0.1) is 5.53 Å². The summed E-state index contributed by atoms with van der Waals surface area (Å²) in [6, 6.07) is 3.56. The third kappa shape index (κ3) is 3.67. The van der Waals surface area contributed by atoms with Gasteiger partial charge in [-0.3, -0.25) is 4.79 Å². The van der Waals surface area contributed by atoms with Gasteiger partial charge in [-0.25, -0.2) is 5.53 Å². The number of nitrogens with zero attached hydrogens (tertiary/aromatic N) is 4. The fourth-order valence-corrected chi connectivity index (χ4v) is 2.63. The molecule has 9 heteroatoms. The molecule has 0 radical (unpaired) electrons. The minimum absolute atomic E-state index is 0.0184. The summed E-state index contributed by atoms with van der Waals surface area (Å²) in [6.45, 7) is 1.49. The topological polar surface area (TPSA) is 121 Å². The molecule has 9 nitrogen and oxygen atoms in total. The molecule has 126 valence electrons. The molecular formula is C15H18N6O3. The minimum Gasteiger partial charge on any atom is -0.461 e. The van der Waals surface area contributed by atoms with Crippen LogP contribution in [0.1, 0.15) is 24.7 Å². The van der Waals surface area contributed by atoms with Crippen LogP contribution in [-0.4, -0.2) is 40.6 Å². The quantitative estimate of drug-likeness (QED) is 0.783. The summed E-state index contributed by atoms with van der Waals surface area (Å²) < 4.78 is 10.6. The average molecular weight is 330 g/mol. The van der Waals surface area contributed by atoms with Crippen molar-refractivity contribution in [3.63, 3.8) is 0 Å². The lowest BCUT2D eigenvalue weighted by Gasteiger charge is -2.30. The Labute approximate surface area is 138 Å². The van der Waals surface area contributed by atoms with Crippen molar-refractivity contribution in [3.8, 4) is 11.6 Å². The number of aromatic nitrogens is 2. The summed E-state index contributed by atoms with van der Waals surface area (Å²) in [4.78, 5) is 18.2. The van der Waals surface area contributed by atoms with Crippen LogP contribution in [0.5, 0.6) is 0 Å². The van der Waals surface area contributed by atoms with Gasteiger partial charge in [-0.15, -0.1) is 0 Å². The molecule has 2 aromatic rings. The van der Waals surface area contributed by atoms with Crippen molar-refractivity contribution < 1.29 is 13.7 Å². The van der Waals surface area contributed by atoms with E-state index in [0.29, 0.717) is 30.6 Å². The lowest BCUT2D eigenvalue weighted by molar-refractivity contribution is -0.131. The number of rotatable bonds is 6. The smallest absolute Gasteiger partial charge is 0.241 e. The molecule has 0 unspecified atom stereocenters. The third-order valence-electron chi connectivity index (χ3n) is 3.90. The van der Waals surface area contributed by atoms with Crippen LogP contribution in [0.3, 0.4) is 0 Å². The van der Waals surface area contributed by atoms with Crippen molar-refractivity contribution in [3.05, 3.63) is 36.7 Å². The van der Waals surface area contributed by atoms with E-state index in [1.54, 1.807) is 23.3 Å². The Hall–Kier alpha value is -2.97. The van der Waals surface area contributed by atoms with Crippen molar-refractivity contribution in [2.75, 3.05) is 19.6 Å². The Morgan fingerprint density at radius 3 is 3.04 bits per heavy atom. The molecule has 1 fully saturated rings. The second-order valence-electron chi connectivity index (χ2n) is 5.41. The molecule has 1 aliphatic rings. The number of likely N-dealkylation sites (tertiary alicyclic amines) is 1. The average Bonchev–Trinajstić information content (AvgIpc) is 3.29. The molecule has 0 aliphatic carbocycles. The second-order valence-corrected chi connectivity index (χ2v) is 5.41. The van der Waals surface area contributed by atoms with E-state index in [9.17, 15) is 4.79 Å². The second kappa shape index (κ2) is 7.53. The van der Waals surface area contributed by atoms with Gasteiger partial charge < -0.3 is 19.2 Å². The number of furan rings is 1. The first-order valence-electron chi connectivity index (χ1n) is 7.68. The minimum atomic E-state index is 0.0184. The normalized spacial score (nSPS) is 15.8. The number of hydrogen-bond donors (Lipinski definition) is 2. The van der Waals surface area contributed by atoms with Crippen LogP contribution >= 0.6 is 0 Å². The highest BCUT2D eigenvalue weighted by molar-refractivity contribution is 5.78. The fraction of sp³-hybridized carbons (Fsp3) is 0.400. The van der Waals surface area contributed by atoms with Crippen molar-refractivity contribution in [1.82, 2.24) is 20.4 Å². The molecular weight excluding hydrogens is 312 g/mol. The predicted octanol–water partition coefficient (Wildman–Crippen LogP) is 2.13. The number of piperidine rings is 1. The van der Waals surface area contributed by atoms with Gasteiger partial charge in [0.05, 0.1) is 19.0 Å². The van der Waals surface area contributed by atoms with Crippen LogP contribution in [0.25, 0.3) is 11.6 Å². The fourth-order valence-electron chi connectivity index (χ4n) is 2.63. The van der Waals surface area contributed by atoms with Crippen molar-refractivity contribution >= 4 is 5.91 Å². The zero-order chi connectivity index (χ0) is 16.8. The summed E-state index contributed by atoms with van der Waals surface area (Å²) in [5.41, 5.74) is 6.61. The van der Waals surface area contributed by atoms with E-state index in [4.69, 9.17) is 14.5 Å². The van der Waals surface area contributed by atoms with E-state index < -0.39 is 0 Å². The number of nitrogens with one attached hydrogen (secondary N) is 2. The van der Waals surface area contributed by atoms with Crippen LogP contribution in [0.2, 0.25) is 0 Å². The Bertz CT molecular complexity index is 701. The summed E-state index contributed by atoms with van der Waals surface area (Å²) in [5.74, 6) is 1.79. The molecule has 1 amide bonds. The maximum absolute atomic E-state index is 12.1. The van der Waals surface area contributed by atoms with Crippen molar-refractivity contribution in [2.24, 2.45) is 5.11 Å². The molecule has 1 aliphatic heterocycles. The van der Waals surface area contributed by atoms with Gasteiger partial charge in [0.25, 0.3) is 0 Å². The summed E-state index contributed by atoms with van der Waals surface area (Å²) in [6.07, 6.45) is 5.89. The van der Waals surface area contributed by atoms with Gasteiger partial charge in [0.15, 0.2) is 5.76 Å². The van der Waals surface area contributed by atoms with Crippen LogP contribution in [-0.2, 0) is 4.79 Å². The van der Waals surface area contributed by atoms with Gasteiger partial charge in [-0.05, 0) is 25.0 Å². The maximum atomic E-state index is 12.1. The molecule has 0 spiro atoms. The van der Waals surface area contributed by atoms with Crippen molar-refractivity contribution in [1.29, 1.82) is 5.53 Å². The Balaban J connectivity index is 1.51. The highest BCUT2D eigenvalue weighted by atomic mass is 16.5. The van der Waals surface area contributed by atoms with Gasteiger partial charge in [0, 0.05) is 25.2 Å². The van der Waals surface area contributed by atoms with E-state index >= 15 is 0 Å². The number of hydrogen-bond acceptors (Lipinski definition) is 8. The SMILES string of the molecule is N=N/C=C\NCC(=O)N1CCC(c2nc(-c3ccco3)no2)CC1. The Morgan fingerprint density at radius 2 is 2.33 bits per heavy atom. The third-order valence-corrected chi connectivity index (χ3v) is 3.90. The molecule has 2 aromatic heterocycles. The van der Waals surface area contributed by atoms with Crippen LogP contribution in [0.15, 0.2) is 44.9 Å². The standard InChI is InChI=1S/C15H18N6O3/c16-18-6-5-17-10-13(22)21-7-3-11(4-8-21)15-19-14(20-24-15)12-2-1-9-23-12/h1-2,5-6,9,11,16-17H,3-4,7-8,10H2/b6-5-,18-16?. The molecule has 0 aromatic carbocycles. The largest absolute Gasteiger partial charge is 0.461 e. The molecule has 24 heavy (non-hydrogen) atoms. The molecule has 2 N–H and O–H groups in total. The maximum Gasteiger partial charge on any atom is 0.241 e. The highest BCUT2D eigenvalue weighted by Gasteiger charge is 2.27. The summed E-state index contributed by atoms with van der Waals surface area (Å²) >= 11 is 0. The highest BCUT2D eigenvalue weighted by Crippen LogP contribution is 2.28. The molecule has 0 bridgehead atoms. The van der Waals surface area contributed by atoms with E-state index in [1.807, 2.05) is 0 Å². The molecule has 0 atom stereocenters. The number of carbonyl (C=O) groups excluding carboxylic acids is 1. The first-order chi connectivity index (χ1) is 11.8. The van der Waals surface area contributed by atoms with E-state index in [-0.39, 0.29) is 18.4 Å². The Morgan fingerprint density at radius 1 is 1.50 bits per heavy atom. The lowest BCUT2D eigenvalue weighted by atomic mass is 9.97. The van der Waals surface area contributed by atoms with Gasteiger partial charge in [0.1, 0.15) is 0 Å². The predicted molar refractivity (Wildman–Crippen MR) is 82.8 cm³/mol. The summed E-state index contributed by atoms with van der Waals surface area (Å²) in [7, 11) is 0. The Kier molecular flexibility index (Phi) is 4.99.